The van der Waals surface area contributed by atoms with Gasteiger partial charge in [0.2, 0.25) is 0 Å². The number of rotatable bonds is 5. The Kier molecular flexibility index (Phi) is 5.58. The molecule has 0 saturated carbocycles. The third kappa shape index (κ3) is 4.21. The van der Waals surface area contributed by atoms with Crippen LogP contribution in [-0.2, 0) is 6.42 Å². The van der Waals surface area contributed by atoms with Gasteiger partial charge >= 0.3 is 0 Å². The second-order valence-corrected chi connectivity index (χ2v) is 7.40. The Bertz CT molecular complexity index is 1180. The summed E-state index contributed by atoms with van der Waals surface area (Å²) in [4.78, 5) is 41.0. The van der Waals surface area contributed by atoms with Crippen molar-refractivity contribution in [3.8, 4) is 11.5 Å². The van der Waals surface area contributed by atoms with E-state index in [2.05, 4.69) is 10.3 Å². The van der Waals surface area contributed by atoms with Gasteiger partial charge in [-0.25, -0.2) is 0 Å². The fraction of sp³-hybridized carbons (Fsp3) is 0.208. The van der Waals surface area contributed by atoms with Crippen molar-refractivity contribution in [3.05, 3.63) is 87.3 Å². The molecule has 0 aliphatic heterocycles. The molecule has 158 valence electrons. The Hall–Kier alpha value is -3.87. The van der Waals surface area contributed by atoms with Gasteiger partial charge in [-0.3, -0.25) is 14.4 Å². The zero-order valence-electron chi connectivity index (χ0n) is 17.2. The molecule has 0 radical (unpaired) electrons. The van der Waals surface area contributed by atoms with Gasteiger partial charge in [0.05, 0.1) is 14.2 Å². The molecule has 2 aromatic carbocycles. The predicted octanol–water partition coefficient (Wildman–Crippen LogP) is 3.56. The van der Waals surface area contributed by atoms with Crippen molar-refractivity contribution in [3.63, 3.8) is 0 Å². The minimum Gasteiger partial charge on any atom is -0.497 e. The Morgan fingerprint density at radius 2 is 1.65 bits per heavy atom. The smallest absolute Gasteiger partial charge is 0.261 e. The van der Waals surface area contributed by atoms with Crippen LogP contribution in [0.3, 0.4) is 0 Å². The van der Waals surface area contributed by atoms with E-state index in [1.165, 1.54) is 20.3 Å². The lowest BCUT2D eigenvalue weighted by Crippen LogP contribution is -2.29. The molecule has 0 spiro atoms. The number of Topliss-reactive ketones (excluding diaryl/α,β-unsaturated/α-hetero) is 1. The van der Waals surface area contributed by atoms with Gasteiger partial charge in [0.25, 0.3) is 11.5 Å². The number of pyridine rings is 1. The summed E-state index contributed by atoms with van der Waals surface area (Å²) < 4.78 is 10.4. The molecule has 1 unspecified atom stereocenters. The minimum absolute atomic E-state index is 0.000718. The minimum atomic E-state index is -0.614. The fourth-order valence-corrected chi connectivity index (χ4v) is 3.84. The first-order valence-electron chi connectivity index (χ1n) is 9.87. The molecule has 1 aliphatic rings. The zero-order chi connectivity index (χ0) is 22.0. The van der Waals surface area contributed by atoms with Crippen molar-refractivity contribution >= 4 is 17.4 Å². The molecular formula is C24H22N2O5. The molecule has 4 rings (SSSR count). The highest BCUT2D eigenvalue weighted by Gasteiger charge is 2.28. The molecule has 1 aromatic heterocycles. The standard InChI is InChI=1S/C24H22N2O5/c1-30-17-10-16(11-18(12-17)31-2)25-23(28)20-13-19-21(26-24(20)29)8-15(9-22(19)27)14-6-4-3-5-7-14/h3-7,10-13,15H,8-9H2,1-2H3,(H,25,28)(H,26,29). The maximum Gasteiger partial charge on any atom is 0.261 e. The summed E-state index contributed by atoms with van der Waals surface area (Å²) in [5, 5.41) is 2.67. The molecule has 31 heavy (non-hydrogen) atoms. The van der Waals surface area contributed by atoms with Gasteiger partial charge in [-0.1, -0.05) is 30.3 Å². The molecule has 1 atom stereocenters. The molecule has 1 amide bonds. The largest absolute Gasteiger partial charge is 0.497 e. The zero-order valence-corrected chi connectivity index (χ0v) is 17.2. The SMILES string of the molecule is COc1cc(NC(=O)c2cc3c([nH]c2=O)CC(c2ccccc2)CC3=O)cc(OC)c1. The predicted molar refractivity (Wildman–Crippen MR) is 116 cm³/mol. The normalized spacial score (nSPS) is 15.2. The first kappa shape index (κ1) is 20.4. The summed E-state index contributed by atoms with van der Waals surface area (Å²) >= 11 is 0. The molecule has 1 aliphatic carbocycles. The molecule has 0 bridgehead atoms. The average Bonchev–Trinajstić information content (AvgIpc) is 2.78. The Morgan fingerprint density at radius 3 is 2.29 bits per heavy atom. The van der Waals surface area contributed by atoms with E-state index in [0.717, 1.165) is 5.56 Å². The van der Waals surface area contributed by atoms with Gasteiger partial charge < -0.3 is 19.8 Å². The topological polar surface area (TPSA) is 97.5 Å². The van der Waals surface area contributed by atoms with Crippen LogP contribution < -0.4 is 20.3 Å². The van der Waals surface area contributed by atoms with Crippen molar-refractivity contribution in [2.24, 2.45) is 0 Å². The number of H-pyrrole nitrogens is 1. The number of ether oxygens (including phenoxy) is 2. The van der Waals surface area contributed by atoms with Gasteiger partial charge in [0.1, 0.15) is 17.1 Å². The van der Waals surface area contributed by atoms with E-state index < -0.39 is 11.5 Å². The van der Waals surface area contributed by atoms with Crippen LogP contribution in [0.4, 0.5) is 5.69 Å². The van der Waals surface area contributed by atoms with E-state index >= 15 is 0 Å². The number of carbonyl (C=O) groups is 2. The number of hydrogen-bond donors (Lipinski definition) is 2. The Morgan fingerprint density at radius 1 is 0.968 bits per heavy atom. The van der Waals surface area contributed by atoms with Crippen LogP contribution in [0.15, 0.2) is 59.4 Å². The van der Waals surface area contributed by atoms with Crippen LogP contribution in [0.5, 0.6) is 11.5 Å². The van der Waals surface area contributed by atoms with E-state index in [4.69, 9.17) is 9.47 Å². The number of ketones is 1. The van der Waals surface area contributed by atoms with Crippen LogP contribution >= 0.6 is 0 Å². The van der Waals surface area contributed by atoms with Crippen molar-refractivity contribution < 1.29 is 19.1 Å². The highest BCUT2D eigenvalue weighted by molar-refractivity contribution is 6.07. The second-order valence-electron chi connectivity index (χ2n) is 7.40. The second kappa shape index (κ2) is 8.47. The molecule has 7 nitrogen and oxygen atoms in total. The van der Waals surface area contributed by atoms with Gasteiger partial charge in [0, 0.05) is 41.6 Å². The quantitative estimate of drug-likeness (QED) is 0.660. The molecule has 0 saturated heterocycles. The number of fused-ring (bicyclic) bond motifs is 1. The average molecular weight is 418 g/mol. The molecule has 3 aromatic rings. The van der Waals surface area contributed by atoms with E-state index in [1.54, 1.807) is 18.2 Å². The van der Waals surface area contributed by atoms with E-state index in [0.29, 0.717) is 41.3 Å². The van der Waals surface area contributed by atoms with Crippen LogP contribution in [0.25, 0.3) is 0 Å². The number of carbonyl (C=O) groups excluding carboxylic acids is 2. The number of aromatic nitrogens is 1. The van der Waals surface area contributed by atoms with Crippen molar-refractivity contribution in [1.29, 1.82) is 0 Å². The number of amides is 1. The summed E-state index contributed by atoms with van der Waals surface area (Å²) in [6.07, 6.45) is 0.868. The lowest BCUT2D eigenvalue weighted by Gasteiger charge is -2.24. The molecule has 2 N–H and O–H groups in total. The molecular weight excluding hydrogens is 396 g/mol. The third-order valence-electron chi connectivity index (χ3n) is 5.43. The molecule has 7 heteroatoms. The summed E-state index contributed by atoms with van der Waals surface area (Å²) in [5.41, 5.74) is 1.76. The van der Waals surface area contributed by atoms with Gasteiger partial charge in [0.15, 0.2) is 5.78 Å². The lowest BCUT2D eigenvalue weighted by atomic mass is 9.81. The van der Waals surface area contributed by atoms with Crippen LogP contribution in [0.1, 0.15) is 44.3 Å². The van der Waals surface area contributed by atoms with Crippen LogP contribution in [0, 0.1) is 0 Å². The maximum atomic E-state index is 12.8. The van der Waals surface area contributed by atoms with E-state index in [-0.39, 0.29) is 17.3 Å². The molecule has 1 heterocycles. The summed E-state index contributed by atoms with van der Waals surface area (Å²) in [6, 6.07) is 16.0. The van der Waals surface area contributed by atoms with E-state index in [9.17, 15) is 14.4 Å². The number of benzene rings is 2. The fourth-order valence-electron chi connectivity index (χ4n) is 3.84. The highest BCUT2D eigenvalue weighted by Crippen LogP contribution is 2.31. The Labute approximate surface area is 179 Å². The number of methoxy groups -OCH3 is 2. The van der Waals surface area contributed by atoms with Crippen molar-refractivity contribution in [2.75, 3.05) is 19.5 Å². The first-order chi connectivity index (χ1) is 15.0. The van der Waals surface area contributed by atoms with Crippen molar-refractivity contribution in [2.45, 2.75) is 18.8 Å². The Balaban J connectivity index is 1.62. The van der Waals surface area contributed by atoms with Gasteiger partial charge in [-0.2, -0.15) is 0 Å². The molecule has 0 fully saturated rings. The summed E-state index contributed by atoms with van der Waals surface area (Å²) in [5.74, 6) is 0.286. The first-order valence-corrected chi connectivity index (χ1v) is 9.87. The van der Waals surface area contributed by atoms with Gasteiger partial charge in [-0.05, 0) is 24.0 Å². The summed E-state index contributed by atoms with van der Waals surface area (Å²) in [6.45, 7) is 0. The van der Waals surface area contributed by atoms with Crippen molar-refractivity contribution in [1.82, 2.24) is 4.98 Å². The number of nitrogens with one attached hydrogen (secondary N) is 2. The maximum absolute atomic E-state index is 12.8. The third-order valence-corrected chi connectivity index (χ3v) is 5.43. The summed E-state index contributed by atoms with van der Waals surface area (Å²) in [7, 11) is 3.01. The van der Waals surface area contributed by atoms with Gasteiger partial charge in [-0.15, -0.1) is 0 Å². The number of hydrogen-bond acceptors (Lipinski definition) is 5. The monoisotopic (exact) mass is 418 g/mol. The van der Waals surface area contributed by atoms with E-state index in [1.807, 2.05) is 30.3 Å². The number of aromatic amines is 1. The highest BCUT2D eigenvalue weighted by atomic mass is 16.5. The number of anilines is 1. The van der Waals surface area contributed by atoms with Crippen LogP contribution in [-0.4, -0.2) is 30.9 Å². The lowest BCUT2D eigenvalue weighted by molar-refractivity contribution is 0.0963. The van der Waals surface area contributed by atoms with Crippen LogP contribution in [0.2, 0.25) is 0 Å².